The van der Waals surface area contributed by atoms with Gasteiger partial charge in [-0.15, -0.1) is 10.6 Å². The molecule has 6 nitrogen and oxygen atoms in total. The van der Waals surface area contributed by atoms with Gasteiger partial charge in [-0.05, 0) is 30.5 Å². The van der Waals surface area contributed by atoms with E-state index in [9.17, 15) is 0 Å². The fraction of sp³-hybridized carbons (Fsp3) is 0.200. The van der Waals surface area contributed by atoms with Crippen LogP contribution < -0.4 is 11.1 Å². The van der Waals surface area contributed by atoms with Gasteiger partial charge >= 0.3 is 0 Å². The van der Waals surface area contributed by atoms with Gasteiger partial charge in [0, 0.05) is 6.20 Å². The van der Waals surface area contributed by atoms with E-state index in [-0.39, 0.29) is 0 Å². The van der Waals surface area contributed by atoms with Gasteiger partial charge in [0.2, 0.25) is 0 Å². The Labute approximate surface area is 163 Å². The summed E-state index contributed by atoms with van der Waals surface area (Å²) in [5.41, 5.74) is 11.5. The molecule has 1 aliphatic rings. The van der Waals surface area contributed by atoms with Gasteiger partial charge in [0.05, 0.1) is 17.8 Å². The first-order valence-corrected chi connectivity index (χ1v) is 9.38. The molecule has 0 aliphatic carbocycles. The van der Waals surface area contributed by atoms with Crippen LogP contribution in [0.25, 0.3) is 5.69 Å². The van der Waals surface area contributed by atoms with Crippen LogP contribution in [0.15, 0.2) is 59.8 Å². The van der Waals surface area contributed by atoms with E-state index < -0.39 is 0 Å². The number of nitrogens with one attached hydrogen (secondary N) is 3. The standard InChI is InChI=1S/C20H22N6S/c1-3-16-9-4-5-10-18(16)26-20(27)17(12-21-26)19-22-23-24-25(19)13-15-8-6-7-14(2)11-15/h4-12,21,23-24H,3,13H2,1-2H3. The number of benzene rings is 2. The molecule has 0 saturated heterocycles. The monoisotopic (exact) mass is 378 g/mol. The second kappa shape index (κ2) is 7.38. The zero-order valence-electron chi connectivity index (χ0n) is 15.4. The summed E-state index contributed by atoms with van der Waals surface area (Å²) in [6.45, 7) is 4.92. The Bertz CT molecular complexity index is 1050. The van der Waals surface area contributed by atoms with Crippen molar-refractivity contribution in [1.29, 1.82) is 0 Å². The predicted molar refractivity (Wildman–Crippen MR) is 110 cm³/mol. The van der Waals surface area contributed by atoms with Crippen LogP contribution in [0.3, 0.4) is 0 Å². The Morgan fingerprint density at radius 3 is 2.78 bits per heavy atom. The van der Waals surface area contributed by atoms with Crippen molar-refractivity contribution in [2.45, 2.75) is 26.8 Å². The fourth-order valence-corrected chi connectivity index (χ4v) is 3.60. The lowest BCUT2D eigenvalue weighted by molar-refractivity contribution is 0.288. The maximum atomic E-state index is 5.76. The van der Waals surface area contributed by atoms with E-state index in [0.717, 1.165) is 23.5 Å². The van der Waals surface area contributed by atoms with Gasteiger partial charge in [-0.3, -0.25) is 10.1 Å². The Morgan fingerprint density at radius 1 is 1.11 bits per heavy atom. The lowest BCUT2D eigenvalue weighted by Crippen LogP contribution is -2.40. The van der Waals surface area contributed by atoms with Crippen LogP contribution in [0.2, 0.25) is 0 Å². The first-order chi connectivity index (χ1) is 13.2. The summed E-state index contributed by atoms with van der Waals surface area (Å²) in [4.78, 5) is 0. The van der Waals surface area contributed by atoms with E-state index in [0.29, 0.717) is 11.2 Å². The summed E-state index contributed by atoms with van der Waals surface area (Å²) in [6.07, 6.45) is 2.85. The van der Waals surface area contributed by atoms with Crippen molar-refractivity contribution in [2.75, 3.05) is 0 Å². The zero-order valence-corrected chi connectivity index (χ0v) is 16.2. The highest BCUT2D eigenvalue weighted by atomic mass is 32.1. The molecule has 3 N–H and O–H groups in total. The van der Waals surface area contributed by atoms with Gasteiger partial charge in [0.1, 0.15) is 4.64 Å². The summed E-state index contributed by atoms with van der Waals surface area (Å²) in [5.74, 6) is 0.769. The number of aryl methyl sites for hydroxylation is 2. The van der Waals surface area contributed by atoms with Crippen LogP contribution in [0, 0.1) is 11.6 Å². The molecule has 0 saturated carbocycles. The highest BCUT2D eigenvalue weighted by molar-refractivity contribution is 7.71. The van der Waals surface area contributed by atoms with Crippen molar-refractivity contribution in [3.8, 4) is 5.69 Å². The minimum Gasteiger partial charge on any atom is -0.299 e. The number of hydrogen-bond donors (Lipinski definition) is 3. The molecule has 7 heteroatoms. The van der Waals surface area contributed by atoms with E-state index in [1.54, 1.807) is 0 Å². The van der Waals surface area contributed by atoms with Crippen LogP contribution >= 0.6 is 12.2 Å². The van der Waals surface area contributed by atoms with Crippen molar-refractivity contribution >= 4 is 18.1 Å². The average Bonchev–Trinajstić information content (AvgIpc) is 3.28. The number of hydrazine groups is 2. The maximum Gasteiger partial charge on any atom is 0.177 e. The molecular weight excluding hydrogens is 356 g/mol. The predicted octanol–water partition coefficient (Wildman–Crippen LogP) is 3.59. The normalized spacial score (nSPS) is 13.6. The molecule has 27 heavy (non-hydrogen) atoms. The van der Waals surface area contributed by atoms with Crippen molar-refractivity contribution in [3.63, 3.8) is 0 Å². The number of aromatic nitrogens is 2. The number of rotatable bonds is 5. The van der Waals surface area contributed by atoms with E-state index in [2.05, 4.69) is 71.5 Å². The minimum atomic E-state index is 0.680. The highest BCUT2D eigenvalue weighted by Crippen LogP contribution is 2.19. The van der Waals surface area contributed by atoms with Crippen molar-refractivity contribution in [1.82, 2.24) is 25.9 Å². The van der Waals surface area contributed by atoms with Gasteiger partial charge in [0.25, 0.3) is 0 Å². The Balaban J connectivity index is 1.66. The topological polar surface area (TPSA) is 60.4 Å². The number of aromatic amines is 1. The third-order valence-electron chi connectivity index (χ3n) is 4.65. The van der Waals surface area contributed by atoms with Crippen LogP contribution in [-0.2, 0) is 13.0 Å². The maximum absolute atomic E-state index is 5.76. The van der Waals surface area contributed by atoms with Gasteiger partial charge in [-0.1, -0.05) is 67.2 Å². The fourth-order valence-electron chi connectivity index (χ4n) is 3.30. The largest absolute Gasteiger partial charge is 0.299 e. The van der Waals surface area contributed by atoms with Crippen LogP contribution in [0.1, 0.15) is 29.2 Å². The molecule has 4 rings (SSSR count). The van der Waals surface area contributed by atoms with Crippen LogP contribution in [-0.4, -0.2) is 20.6 Å². The molecule has 3 aromatic rings. The first-order valence-electron chi connectivity index (χ1n) is 8.98. The summed E-state index contributed by atoms with van der Waals surface area (Å²) in [5, 5.41) is 9.64. The molecule has 0 bridgehead atoms. The highest BCUT2D eigenvalue weighted by Gasteiger charge is 2.22. The number of amidine groups is 1. The molecule has 2 aromatic carbocycles. The lowest BCUT2D eigenvalue weighted by Gasteiger charge is -2.18. The van der Waals surface area contributed by atoms with Crippen molar-refractivity contribution in [3.05, 3.63) is 81.6 Å². The van der Waals surface area contributed by atoms with Gasteiger partial charge in [-0.25, -0.2) is 10.2 Å². The van der Waals surface area contributed by atoms with Crippen LogP contribution in [0.4, 0.5) is 0 Å². The summed E-state index contributed by atoms with van der Waals surface area (Å²) < 4.78 is 2.64. The van der Waals surface area contributed by atoms with Crippen molar-refractivity contribution < 1.29 is 0 Å². The molecule has 0 spiro atoms. The molecule has 0 radical (unpaired) electrons. The molecule has 0 unspecified atom stereocenters. The van der Waals surface area contributed by atoms with E-state index in [1.165, 1.54) is 16.7 Å². The number of para-hydroxylation sites is 1. The second-order valence-electron chi connectivity index (χ2n) is 6.54. The lowest BCUT2D eigenvalue weighted by atomic mass is 10.1. The summed E-state index contributed by atoms with van der Waals surface area (Å²) >= 11 is 5.76. The molecule has 0 amide bonds. The SMILES string of the molecule is CCc1ccccc1-n1[nH]cc(C2=NNNN2Cc2cccc(C)c2)c1=S. The van der Waals surface area contributed by atoms with E-state index >= 15 is 0 Å². The zero-order chi connectivity index (χ0) is 18.8. The number of hydrogen-bond acceptors (Lipinski definition) is 5. The number of nitrogens with zero attached hydrogens (tertiary/aromatic N) is 3. The van der Waals surface area contributed by atoms with Gasteiger partial charge < -0.3 is 0 Å². The second-order valence-corrected chi connectivity index (χ2v) is 6.93. The number of hydrazone groups is 1. The first kappa shape index (κ1) is 17.5. The third-order valence-corrected chi connectivity index (χ3v) is 5.05. The molecule has 1 aromatic heterocycles. The molecule has 138 valence electrons. The smallest absolute Gasteiger partial charge is 0.177 e. The molecule has 0 fully saturated rings. The van der Waals surface area contributed by atoms with E-state index in [4.69, 9.17) is 12.2 Å². The molecular formula is C20H22N6S. The van der Waals surface area contributed by atoms with Gasteiger partial charge in [0.15, 0.2) is 5.84 Å². The Kier molecular flexibility index (Phi) is 4.79. The quantitative estimate of drug-likeness (QED) is 0.594. The molecule has 0 atom stereocenters. The summed E-state index contributed by atoms with van der Waals surface area (Å²) in [6, 6.07) is 16.7. The van der Waals surface area contributed by atoms with E-state index in [1.807, 2.05) is 28.0 Å². The Hall–Kier alpha value is -2.90. The third kappa shape index (κ3) is 3.39. The average molecular weight is 379 g/mol. The molecule has 1 aliphatic heterocycles. The number of H-pyrrole nitrogens is 1. The van der Waals surface area contributed by atoms with Crippen LogP contribution in [0.5, 0.6) is 0 Å². The Morgan fingerprint density at radius 2 is 1.96 bits per heavy atom. The summed E-state index contributed by atoms with van der Waals surface area (Å²) in [7, 11) is 0. The minimum absolute atomic E-state index is 0.680. The van der Waals surface area contributed by atoms with Crippen molar-refractivity contribution in [2.24, 2.45) is 5.10 Å². The van der Waals surface area contributed by atoms with Gasteiger partial charge in [-0.2, -0.15) is 0 Å². The molecule has 2 heterocycles.